The van der Waals surface area contributed by atoms with Gasteiger partial charge in [-0.1, -0.05) is 24.8 Å². The molecule has 0 spiro atoms. The zero-order chi connectivity index (χ0) is 19.3. The van der Waals surface area contributed by atoms with E-state index in [1.54, 1.807) is 31.2 Å². The molecule has 2 aliphatic rings. The van der Waals surface area contributed by atoms with Crippen LogP contribution in [0.2, 0.25) is 0 Å². The Bertz CT molecular complexity index is 837. The molecular formula is C19H19Cl2NO4. The van der Waals surface area contributed by atoms with E-state index in [0.717, 1.165) is 4.90 Å². The Morgan fingerprint density at radius 2 is 2.08 bits per heavy atom. The first-order chi connectivity index (χ1) is 12.2. The van der Waals surface area contributed by atoms with Crippen molar-refractivity contribution in [2.75, 3.05) is 13.7 Å². The molecule has 0 saturated carbocycles. The van der Waals surface area contributed by atoms with Crippen molar-refractivity contribution in [3.8, 4) is 11.5 Å². The van der Waals surface area contributed by atoms with Crippen LogP contribution in [0, 0.1) is 0 Å². The maximum atomic E-state index is 12.9. The summed E-state index contributed by atoms with van der Waals surface area (Å²) in [5.74, 6) is -1.55. The van der Waals surface area contributed by atoms with Gasteiger partial charge in [-0.3, -0.25) is 14.5 Å². The summed E-state index contributed by atoms with van der Waals surface area (Å²) >= 11 is 13.5. The summed E-state index contributed by atoms with van der Waals surface area (Å²) in [7, 11) is 1.38. The van der Waals surface area contributed by atoms with Crippen LogP contribution in [0.5, 0.6) is 11.5 Å². The number of carbonyl (C=O) groups is 2. The van der Waals surface area contributed by atoms with Gasteiger partial charge in [0.25, 0.3) is 11.8 Å². The molecule has 3 rings (SSSR count). The van der Waals surface area contributed by atoms with E-state index in [9.17, 15) is 14.7 Å². The Hall–Kier alpha value is -1.98. The zero-order valence-corrected chi connectivity index (χ0v) is 16.0. The highest BCUT2D eigenvalue weighted by Crippen LogP contribution is 2.59. The number of benzene rings is 1. The van der Waals surface area contributed by atoms with Crippen molar-refractivity contribution in [2.24, 2.45) is 0 Å². The molecule has 0 bridgehead atoms. The first kappa shape index (κ1) is 18.8. The van der Waals surface area contributed by atoms with Gasteiger partial charge in [0.05, 0.1) is 6.61 Å². The quantitative estimate of drug-likeness (QED) is 0.626. The van der Waals surface area contributed by atoms with Gasteiger partial charge in [0, 0.05) is 13.0 Å². The number of nitrogens with zero attached hydrogens (tertiary/aromatic N) is 1. The molecule has 3 atom stereocenters. The number of halogens is 2. The molecule has 26 heavy (non-hydrogen) atoms. The lowest BCUT2D eigenvalue weighted by Crippen LogP contribution is -2.54. The number of allylic oxidation sites excluding steroid dienone is 3. The number of alkyl halides is 2. The summed E-state index contributed by atoms with van der Waals surface area (Å²) in [4.78, 5) is 23.3. The summed E-state index contributed by atoms with van der Waals surface area (Å²) < 4.78 is 5.44. The highest BCUT2D eigenvalue weighted by Gasteiger charge is 2.72. The smallest absolute Gasteiger partial charge is 0.253 e. The van der Waals surface area contributed by atoms with Gasteiger partial charge >= 0.3 is 0 Å². The molecule has 138 valence electrons. The number of hydrogen-bond acceptors (Lipinski definition) is 4. The fourth-order valence-electron chi connectivity index (χ4n) is 3.73. The number of carbonyl (C=O) groups excluding carboxylic acids is 2. The average Bonchev–Trinajstić information content (AvgIpc) is 2.76. The maximum Gasteiger partial charge on any atom is 0.253 e. The van der Waals surface area contributed by atoms with Crippen molar-refractivity contribution in [3.05, 3.63) is 48.1 Å². The summed E-state index contributed by atoms with van der Waals surface area (Å²) in [5, 5.41) is 9.98. The SMILES string of the molecule is C=CC1=CCC2(Cl)C(=O)N(C)C(=O)C2(Cl)C1c1ccc(O)c(OCC)c1. The fraction of sp³-hybridized carbons (Fsp3) is 0.368. The first-order valence-corrected chi connectivity index (χ1v) is 8.96. The number of amides is 2. The van der Waals surface area contributed by atoms with E-state index in [0.29, 0.717) is 17.7 Å². The molecule has 5 nitrogen and oxygen atoms in total. The van der Waals surface area contributed by atoms with Gasteiger partial charge in [-0.25, -0.2) is 0 Å². The molecular weight excluding hydrogens is 377 g/mol. The monoisotopic (exact) mass is 395 g/mol. The first-order valence-electron chi connectivity index (χ1n) is 8.21. The molecule has 1 aromatic carbocycles. The number of ether oxygens (including phenoxy) is 1. The normalized spacial score (nSPS) is 30.8. The van der Waals surface area contributed by atoms with Crippen LogP contribution in [-0.4, -0.2) is 45.2 Å². The van der Waals surface area contributed by atoms with Gasteiger partial charge in [0.1, 0.15) is 0 Å². The fourth-order valence-corrected chi connectivity index (χ4v) is 4.66. The largest absolute Gasteiger partial charge is 0.504 e. The molecule has 1 N–H and O–H groups in total. The van der Waals surface area contributed by atoms with Crippen LogP contribution in [0.15, 0.2) is 42.5 Å². The Morgan fingerprint density at radius 1 is 1.38 bits per heavy atom. The van der Waals surface area contributed by atoms with E-state index in [-0.39, 0.29) is 17.9 Å². The predicted molar refractivity (Wildman–Crippen MR) is 99.9 cm³/mol. The lowest BCUT2D eigenvalue weighted by atomic mass is 9.68. The van der Waals surface area contributed by atoms with Crippen LogP contribution in [0.25, 0.3) is 0 Å². The van der Waals surface area contributed by atoms with Crippen molar-refractivity contribution < 1.29 is 19.4 Å². The third-order valence-corrected chi connectivity index (χ3v) is 6.45. The number of likely N-dealkylation sites (tertiary alicyclic amines) is 1. The third kappa shape index (κ3) is 2.30. The highest BCUT2D eigenvalue weighted by atomic mass is 35.5. The molecule has 1 saturated heterocycles. The molecule has 1 heterocycles. The van der Waals surface area contributed by atoms with E-state index < -0.39 is 27.5 Å². The van der Waals surface area contributed by atoms with Gasteiger partial charge in [-0.05, 0) is 36.6 Å². The Labute approximate surface area is 161 Å². The molecule has 1 fully saturated rings. The van der Waals surface area contributed by atoms with Crippen LogP contribution < -0.4 is 4.74 Å². The number of rotatable bonds is 4. The minimum absolute atomic E-state index is 0.0257. The highest BCUT2D eigenvalue weighted by molar-refractivity contribution is 6.53. The van der Waals surface area contributed by atoms with Crippen molar-refractivity contribution >= 4 is 35.0 Å². The lowest BCUT2D eigenvalue weighted by Gasteiger charge is -2.42. The van der Waals surface area contributed by atoms with Crippen LogP contribution in [0.4, 0.5) is 0 Å². The number of hydrogen-bond donors (Lipinski definition) is 1. The topological polar surface area (TPSA) is 66.8 Å². The standard InChI is InChI=1S/C19H19Cl2NO4/c1-4-11-8-9-18(20)16(24)22(3)17(25)19(18,21)15(11)12-6-7-13(23)14(10-12)26-5-2/h4,6-8,10,15,23H,1,5,9H2,2-3H3. The van der Waals surface area contributed by atoms with E-state index >= 15 is 0 Å². The minimum atomic E-state index is -1.70. The second kappa shape index (κ2) is 6.32. The second-order valence-corrected chi connectivity index (χ2v) is 7.63. The third-order valence-electron chi connectivity index (χ3n) is 5.04. The van der Waals surface area contributed by atoms with Crippen molar-refractivity contribution in [1.82, 2.24) is 4.90 Å². The molecule has 0 aromatic heterocycles. The van der Waals surface area contributed by atoms with Crippen molar-refractivity contribution in [2.45, 2.75) is 29.0 Å². The van der Waals surface area contributed by atoms with Crippen LogP contribution in [0.3, 0.4) is 0 Å². The van der Waals surface area contributed by atoms with Gasteiger partial charge in [0.15, 0.2) is 21.2 Å². The molecule has 7 heteroatoms. The molecule has 3 unspecified atom stereocenters. The second-order valence-electron chi connectivity index (χ2n) is 6.39. The Kier molecular flexibility index (Phi) is 4.57. The average molecular weight is 396 g/mol. The number of phenols is 1. The van der Waals surface area contributed by atoms with Crippen molar-refractivity contribution in [1.29, 1.82) is 0 Å². The number of phenolic OH excluding ortho intramolecular Hbond substituents is 1. The van der Waals surface area contributed by atoms with Gasteiger partial charge in [0.2, 0.25) is 0 Å². The minimum Gasteiger partial charge on any atom is -0.504 e. The van der Waals surface area contributed by atoms with E-state index in [4.69, 9.17) is 27.9 Å². The number of imide groups is 1. The lowest BCUT2D eigenvalue weighted by molar-refractivity contribution is -0.137. The van der Waals surface area contributed by atoms with Crippen molar-refractivity contribution in [3.63, 3.8) is 0 Å². The predicted octanol–water partition coefficient (Wildman–Crippen LogP) is 3.34. The maximum absolute atomic E-state index is 12.9. The summed E-state index contributed by atoms with van der Waals surface area (Å²) in [5.41, 5.74) is 1.30. The van der Waals surface area contributed by atoms with E-state index in [1.807, 2.05) is 0 Å². The van der Waals surface area contributed by atoms with Gasteiger partial charge in [-0.2, -0.15) is 0 Å². The van der Waals surface area contributed by atoms with Crippen LogP contribution >= 0.6 is 23.2 Å². The molecule has 1 aromatic rings. The molecule has 1 aliphatic heterocycles. The summed E-state index contributed by atoms with van der Waals surface area (Å²) in [6.07, 6.45) is 3.51. The van der Waals surface area contributed by atoms with Gasteiger partial charge < -0.3 is 9.84 Å². The molecule has 0 radical (unpaired) electrons. The van der Waals surface area contributed by atoms with E-state index in [1.165, 1.54) is 13.1 Å². The Morgan fingerprint density at radius 3 is 2.69 bits per heavy atom. The number of fused-ring (bicyclic) bond motifs is 1. The van der Waals surface area contributed by atoms with Gasteiger partial charge in [-0.15, -0.1) is 23.2 Å². The number of aromatic hydroxyl groups is 1. The van der Waals surface area contributed by atoms with Crippen LogP contribution in [-0.2, 0) is 9.59 Å². The van der Waals surface area contributed by atoms with E-state index in [2.05, 4.69) is 6.58 Å². The Balaban J connectivity index is 2.23. The molecule has 1 aliphatic carbocycles. The molecule has 2 amide bonds. The summed E-state index contributed by atoms with van der Waals surface area (Å²) in [6, 6.07) is 4.73. The summed E-state index contributed by atoms with van der Waals surface area (Å²) in [6.45, 7) is 5.96. The zero-order valence-electron chi connectivity index (χ0n) is 14.5. The van der Waals surface area contributed by atoms with Crippen LogP contribution in [0.1, 0.15) is 24.8 Å².